The number of carbonyl (C=O) groups is 1. The van der Waals surface area contributed by atoms with Crippen molar-refractivity contribution in [3.63, 3.8) is 0 Å². The van der Waals surface area contributed by atoms with Crippen molar-refractivity contribution in [1.82, 2.24) is 4.98 Å². The second kappa shape index (κ2) is 7.57. The van der Waals surface area contributed by atoms with Crippen LogP contribution in [-0.2, 0) is 6.67 Å². The van der Waals surface area contributed by atoms with Gasteiger partial charge in [0, 0.05) is 10.9 Å². The lowest BCUT2D eigenvalue weighted by Crippen LogP contribution is -2.52. The third kappa shape index (κ3) is 3.37. The molecule has 1 heterocycles. The Kier molecular flexibility index (Phi) is 5.38. The van der Waals surface area contributed by atoms with Crippen molar-refractivity contribution in [2.45, 2.75) is 33.0 Å². The minimum atomic E-state index is -0.732. The predicted molar refractivity (Wildman–Crippen MR) is 108 cm³/mol. The number of hydrogen-bond acceptors (Lipinski definition) is 2. The molecule has 0 bridgehead atoms. The quantitative estimate of drug-likeness (QED) is 0.568. The normalized spacial score (nSPS) is 12.9. The summed E-state index contributed by atoms with van der Waals surface area (Å²) in [6.07, 6.45) is 0.850. The smallest absolute Gasteiger partial charge is 0.257 e. The SMILES string of the molecule is CC[C@@H](C)[N+](C)(C)C(=O)c1nc2ccccc2c(-c2ccccc2)c1CF. The molecule has 0 aliphatic heterocycles. The fraction of sp³-hybridized carbons (Fsp3) is 0.304. The van der Waals surface area contributed by atoms with Gasteiger partial charge in [0.05, 0.1) is 25.7 Å². The molecule has 4 heteroatoms. The van der Waals surface area contributed by atoms with Gasteiger partial charge in [-0.15, -0.1) is 0 Å². The molecule has 0 saturated carbocycles. The van der Waals surface area contributed by atoms with Gasteiger partial charge in [-0.05, 0) is 30.5 Å². The molecule has 1 amide bonds. The summed E-state index contributed by atoms with van der Waals surface area (Å²) in [6, 6.07) is 17.4. The van der Waals surface area contributed by atoms with Crippen LogP contribution in [0.25, 0.3) is 22.0 Å². The molecule has 0 aliphatic carbocycles. The fourth-order valence-corrected chi connectivity index (χ4v) is 3.42. The van der Waals surface area contributed by atoms with E-state index >= 15 is 0 Å². The lowest BCUT2D eigenvalue weighted by Gasteiger charge is -2.33. The topological polar surface area (TPSA) is 30.0 Å². The molecule has 0 fully saturated rings. The number of benzene rings is 2. The van der Waals surface area contributed by atoms with E-state index in [9.17, 15) is 9.18 Å². The zero-order valence-electron chi connectivity index (χ0n) is 16.4. The van der Waals surface area contributed by atoms with E-state index in [1.54, 1.807) is 0 Å². The Bertz CT molecular complexity index is 967. The van der Waals surface area contributed by atoms with Gasteiger partial charge >= 0.3 is 5.91 Å². The van der Waals surface area contributed by atoms with Crippen molar-refractivity contribution >= 4 is 16.8 Å². The molecule has 0 aliphatic rings. The van der Waals surface area contributed by atoms with Crippen LogP contribution in [0.4, 0.5) is 4.39 Å². The van der Waals surface area contributed by atoms with Gasteiger partial charge in [0.15, 0.2) is 5.69 Å². The summed E-state index contributed by atoms with van der Waals surface area (Å²) in [5, 5.41) is 0.863. The average molecular weight is 365 g/mol. The highest BCUT2D eigenvalue weighted by Crippen LogP contribution is 2.34. The first-order valence-electron chi connectivity index (χ1n) is 9.33. The molecule has 3 aromatic rings. The van der Waals surface area contributed by atoms with E-state index in [0.717, 1.165) is 22.9 Å². The molecule has 1 atom stereocenters. The Morgan fingerprint density at radius 3 is 2.33 bits per heavy atom. The lowest BCUT2D eigenvalue weighted by molar-refractivity contribution is -0.833. The molecule has 0 spiro atoms. The zero-order chi connectivity index (χ0) is 19.6. The molecule has 0 unspecified atom stereocenters. The van der Waals surface area contributed by atoms with Crippen LogP contribution in [0.3, 0.4) is 0 Å². The van der Waals surface area contributed by atoms with Crippen LogP contribution in [0.15, 0.2) is 54.6 Å². The summed E-state index contributed by atoms with van der Waals surface area (Å²) in [4.78, 5) is 18.0. The van der Waals surface area contributed by atoms with E-state index in [2.05, 4.69) is 11.9 Å². The highest BCUT2D eigenvalue weighted by Gasteiger charge is 2.36. The molecule has 3 nitrogen and oxygen atoms in total. The standard InChI is InChI=1S/C23H26FN2O/c1-5-16(2)26(3,4)23(27)22-19(15-24)21(17-11-7-6-8-12-17)18-13-9-10-14-20(18)25-22/h6-14,16H,5,15H2,1-4H3/q+1/t16-/m1/s1. The number of halogens is 1. The molecule has 2 aromatic carbocycles. The lowest BCUT2D eigenvalue weighted by atomic mass is 9.94. The Morgan fingerprint density at radius 2 is 1.70 bits per heavy atom. The van der Waals surface area contributed by atoms with Crippen LogP contribution in [0.5, 0.6) is 0 Å². The summed E-state index contributed by atoms with van der Waals surface area (Å²) < 4.78 is 14.4. The van der Waals surface area contributed by atoms with E-state index in [1.165, 1.54) is 0 Å². The highest BCUT2D eigenvalue weighted by atomic mass is 19.1. The van der Waals surface area contributed by atoms with E-state index in [-0.39, 0.29) is 22.1 Å². The number of fused-ring (bicyclic) bond motifs is 1. The molecule has 0 saturated heterocycles. The third-order valence-corrected chi connectivity index (χ3v) is 5.61. The summed E-state index contributed by atoms with van der Waals surface area (Å²) in [7, 11) is 3.75. The van der Waals surface area contributed by atoms with Crippen LogP contribution in [0.1, 0.15) is 36.3 Å². The highest BCUT2D eigenvalue weighted by molar-refractivity contribution is 6.02. The van der Waals surface area contributed by atoms with Crippen LogP contribution < -0.4 is 0 Å². The fourth-order valence-electron chi connectivity index (χ4n) is 3.42. The van der Waals surface area contributed by atoms with E-state index in [4.69, 9.17) is 0 Å². The number of pyridine rings is 1. The predicted octanol–water partition coefficient (Wildman–Crippen LogP) is 5.39. The molecule has 0 radical (unpaired) electrons. The maximum atomic E-state index is 14.3. The molecule has 0 N–H and O–H groups in total. The molecule has 3 rings (SSSR count). The minimum Gasteiger partial charge on any atom is -0.257 e. The Morgan fingerprint density at radius 1 is 1.07 bits per heavy atom. The van der Waals surface area contributed by atoms with Gasteiger partial charge in [-0.1, -0.05) is 55.5 Å². The van der Waals surface area contributed by atoms with Gasteiger partial charge in [0.25, 0.3) is 0 Å². The number of alkyl halides is 1. The first-order valence-corrected chi connectivity index (χ1v) is 9.33. The number of rotatable bonds is 5. The van der Waals surface area contributed by atoms with Crippen molar-refractivity contribution in [1.29, 1.82) is 0 Å². The maximum absolute atomic E-state index is 14.3. The van der Waals surface area contributed by atoms with Crippen molar-refractivity contribution in [2.75, 3.05) is 14.1 Å². The number of carbonyl (C=O) groups excluding carboxylic acids is 1. The molecule has 140 valence electrons. The van der Waals surface area contributed by atoms with Gasteiger partial charge < -0.3 is 0 Å². The summed E-state index contributed by atoms with van der Waals surface area (Å²) in [5.41, 5.74) is 2.98. The van der Waals surface area contributed by atoms with Gasteiger partial charge in [-0.3, -0.25) is 4.48 Å². The van der Waals surface area contributed by atoms with Crippen LogP contribution in [0.2, 0.25) is 0 Å². The van der Waals surface area contributed by atoms with Gasteiger partial charge in [-0.25, -0.2) is 14.2 Å². The van der Waals surface area contributed by atoms with Crippen LogP contribution in [-0.4, -0.2) is 35.5 Å². The number of hydrogen-bond donors (Lipinski definition) is 0. The van der Waals surface area contributed by atoms with Gasteiger partial charge in [0.2, 0.25) is 0 Å². The second-order valence-electron chi connectivity index (χ2n) is 7.43. The first-order chi connectivity index (χ1) is 12.9. The second-order valence-corrected chi connectivity index (χ2v) is 7.43. The third-order valence-electron chi connectivity index (χ3n) is 5.61. The van der Waals surface area contributed by atoms with Crippen LogP contribution in [0, 0.1) is 0 Å². The number of para-hydroxylation sites is 1. The number of amides is 1. The van der Waals surface area contributed by atoms with Gasteiger partial charge in [0.1, 0.15) is 6.67 Å². The van der Waals surface area contributed by atoms with Crippen molar-refractivity contribution < 1.29 is 13.7 Å². The van der Waals surface area contributed by atoms with Crippen molar-refractivity contribution in [2.24, 2.45) is 0 Å². The number of quaternary nitrogens is 1. The number of nitrogens with zero attached hydrogens (tertiary/aromatic N) is 2. The average Bonchev–Trinajstić information content (AvgIpc) is 2.71. The summed E-state index contributed by atoms with van der Waals surface area (Å²) >= 11 is 0. The Balaban J connectivity index is 2.34. The molecule has 1 aromatic heterocycles. The minimum absolute atomic E-state index is 0.110. The van der Waals surface area contributed by atoms with Gasteiger partial charge in [-0.2, -0.15) is 0 Å². The number of aromatic nitrogens is 1. The van der Waals surface area contributed by atoms with E-state index in [1.807, 2.05) is 75.6 Å². The Labute approximate surface area is 160 Å². The first kappa shape index (κ1) is 19.2. The molecule has 27 heavy (non-hydrogen) atoms. The van der Waals surface area contributed by atoms with Crippen molar-refractivity contribution in [3.05, 3.63) is 65.9 Å². The summed E-state index contributed by atoms with van der Waals surface area (Å²) in [5.74, 6) is -0.153. The Hall–Kier alpha value is -2.59. The van der Waals surface area contributed by atoms with E-state index < -0.39 is 6.67 Å². The summed E-state index contributed by atoms with van der Waals surface area (Å²) in [6.45, 7) is 3.35. The molecular weight excluding hydrogens is 339 g/mol. The van der Waals surface area contributed by atoms with E-state index in [0.29, 0.717) is 11.1 Å². The monoisotopic (exact) mass is 365 g/mol. The van der Waals surface area contributed by atoms with Crippen molar-refractivity contribution in [3.8, 4) is 11.1 Å². The zero-order valence-corrected chi connectivity index (χ0v) is 16.4. The molecular formula is C23H26FN2O+. The van der Waals surface area contributed by atoms with Crippen LogP contribution >= 0.6 is 0 Å². The largest absolute Gasteiger partial charge is 0.364 e. The maximum Gasteiger partial charge on any atom is 0.364 e.